The van der Waals surface area contributed by atoms with Crippen LogP contribution in [-0.4, -0.2) is 51.8 Å². The molecule has 0 amide bonds. The second-order valence-corrected chi connectivity index (χ2v) is 11.2. The van der Waals surface area contributed by atoms with E-state index in [1.807, 2.05) is 25.2 Å². The van der Waals surface area contributed by atoms with Crippen molar-refractivity contribution in [1.29, 1.82) is 5.26 Å². The molecule has 1 saturated carbocycles. The first-order valence-corrected chi connectivity index (χ1v) is 13.7. The van der Waals surface area contributed by atoms with Crippen LogP contribution >= 0.6 is 11.9 Å². The number of pyridine rings is 1. The molecule has 0 spiro atoms. The van der Waals surface area contributed by atoms with Gasteiger partial charge in [0.15, 0.2) is 0 Å². The van der Waals surface area contributed by atoms with Gasteiger partial charge < -0.3 is 9.64 Å². The molecule has 39 heavy (non-hydrogen) atoms. The number of hydrogen-bond acceptors (Lipinski definition) is 8. The number of aromatic amines is 1. The predicted octanol–water partition coefficient (Wildman–Crippen LogP) is 4.68. The smallest absolute Gasteiger partial charge is 0.272 e. The molecule has 8 nitrogen and oxygen atoms in total. The van der Waals surface area contributed by atoms with Gasteiger partial charge in [-0.3, -0.25) is 4.79 Å². The Morgan fingerprint density at radius 3 is 2.79 bits per heavy atom. The average molecular weight is 543 g/mol. The number of likely N-dealkylation sites (N-methyl/N-ethyl adjacent to an activating group) is 1. The quantitative estimate of drug-likeness (QED) is 0.321. The van der Waals surface area contributed by atoms with Gasteiger partial charge in [0.25, 0.3) is 5.56 Å². The largest absolute Gasteiger partial charge is 0.490 e. The highest BCUT2D eigenvalue weighted by molar-refractivity contribution is 7.97. The third-order valence-electron chi connectivity index (χ3n) is 7.40. The summed E-state index contributed by atoms with van der Waals surface area (Å²) >= 11 is 1.39. The van der Waals surface area contributed by atoms with Gasteiger partial charge in [0.1, 0.15) is 17.4 Å². The molecule has 1 saturated heterocycles. The molecular weight excluding hydrogens is 515 g/mol. The minimum Gasteiger partial charge on any atom is -0.490 e. The molecule has 1 aliphatic heterocycles. The van der Waals surface area contributed by atoms with E-state index in [0.29, 0.717) is 28.0 Å². The van der Waals surface area contributed by atoms with E-state index in [1.54, 1.807) is 30.5 Å². The van der Waals surface area contributed by atoms with Gasteiger partial charge in [0.05, 0.1) is 39.8 Å². The first-order valence-electron chi connectivity index (χ1n) is 12.9. The molecule has 1 aliphatic carbocycles. The summed E-state index contributed by atoms with van der Waals surface area (Å²) in [5, 5.41) is 17.4. The zero-order valence-electron chi connectivity index (χ0n) is 21.4. The van der Waals surface area contributed by atoms with Crippen LogP contribution in [0.1, 0.15) is 36.1 Å². The fourth-order valence-electron chi connectivity index (χ4n) is 4.75. The standard InChI is InChI=1S/C29H27FN6O2S/c1-35(28-13-19(15-31)9-10-32-28)20-16-36(17-20)39-27-12-18(5-8-25(27)30)11-26-24-14-22(38-21-3-2-4-21)6-7-23(24)29(37)34-33-26/h5-10,12-14,20-21H,2-4,11,16-17H2,1H3,(H,34,37). The van der Waals surface area contributed by atoms with E-state index < -0.39 is 0 Å². The number of halogens is 1. The van der Waals surface area contributed by atoms with Gasteiger partial charge in [-0.25, -0.2) is 18.8 Å². The van der Waals surface area contributed by atoms with Crippen LogP contribution in [-0.2, 0) is 6.42 Å². The Balaban J connectivity index is 1.15. The Hall–Kier alpha value is -3.94. The number of nitrogens with one attached hydrogen (secondary N) is 1. The van der Waals surface area contributed by atoms with Crippen LogP contribution in [0.25, 0.3) is 10.8 Å². The highest BCUT2D eigenvalue weighted by Crippen LogP contribution is 2.34. The van der Waals surface area contributed by atoms with Crippen molar-refractivity contribution in [2.75, 3.05) is 25.0 Å². The first kappa shape index (κ1) is 25.3. The number of hydrogen-bond donors (Lipinski definition) is 1. The first-order chi connectivity index (χ1) is 19.0. The zero-order chi connectivity index (χ0) is 26.9. The summed E-state index contributed by atoms with van der Waals surface area (Å²) in [6.07, 6.45) is 5.59. The molecule has 0 radical (unpaired) electrons. The number of aromatic nitrogens is 3. The van der Waals surface area contributed by atoms with E-state index in [4.69, 9.17) is 10.00 Å². The number of nitriles is 1. The van der Waals surface area contributed by atoms with Crippen molar-refractivity contribution in [2.24, 2.45) is 0 Å². The molecule has 6 rings (SSSR count). The van der Waals surface area contributed by atoms with E-state index >= 15 is 0 Å². The summed E-state index contributed by atoms with van der Waals surface area (Å²) in [5.74, 6) is 1.21. The highest BCUT2D eigenvalue weighted by atomic mass is 32.2. The molecular formula is C29H27FN6O2S. The summed E-state index contributed by atoms with van der Waals surface area (Å²) in [4.78, 5) is 19.4. The predicted molar refractivity (Wildman–Crippen MR) is 148 cm³/mol. The fraction of sp³-hybridized carbons (Fsp3) is 0.310. The lowest BCUT2D eigenvalue weighted by Crippen LogP contribution is -2.55. The minimum absolute atomic E-state index is 0.221. The number of benzene rings is 2. The molecule has 2 aliphatic rings. The number of anilines is 1. The third kappa shape index (κ3) is 5.33. The molecule has 10 heteroatoms. The van der Waals surface area contributed by atoms with Crippen molar-refractivity contribution in [1.82, 2.24) is 19.5 Å². The molecule has 3 heterocycles. The maximum atomic E-state index is 14.8. The Morgan fingerprint density at radius 2 is 2.03 bits per heavy atom. The molecule has 0 unspecified atom stereocenters. The van der Waals surface area contributed by atoms with Gasteiger partial charge in [-0.15, -0.1) is 0 Å². The van der Waals surface area contributed by atoms with Gasteiger partial charge >= 0.3 is 0 Å². The van der Waals surface area contributed by atoms with Crippen molar-refractivity contribution >= 4 is 28.5 Å². The SMILES string of the molecule is CN(c1cc(C#N)ccn1)C1CN(Sc2cc(Cc3n[nH]c(=O)c4ccc(OC5CCC5)cc34)ccc2F)C1. The number of H-pyrrole nitrogens is 1. The third-order valence-corrected chi connectivity index (χ3v) is 8.47. The second kappa shape index (κ2) is 10.7. The Morgan fingerprint density at radius 1 is 1.18 bits per heavy atom. The van der Waals surface area contributed by atoms with Gasteiger partial charge in [0.2, 0.25) is 0 Å². The molecule has 2 aromatic heterocycles. The van der Waals surface area contributed by atoms with Crippen LogP contribution in [0.15, 0.2) is 64.4 Å². The lowest BCUT2D eigenvalue weighted by atomic mass is 9.96. The number of rotatable bonds is 8. The second-order valence-electron chi connectivity index (χ2n) is 10.0. The summed E-state index contributed by atoms with van der Waals surface area (Å²) in [6, 6.07) is 16.4. The maximum Gasteiger partial charge on any atom is 0.272 e. The molecule has 4 aromatic rings. The van der Waals surface area contributed by atoms with E-state index in [2.05, 4.69) is 30.5 Å². The molecule has 0 atom stereocenters. The number of fused-ring (bicyclic) bond motifs is 1. The van der Waals surface area contributed by atoms with Crippen LogP contribution < -0.4 is 15.2 Å². The Kier molecular flexibility index (Phi) is 6.94. The van der Waals surface area contributed by atoms with E-state index in [1.165, 1.54) is 24.4 Å². The van der Waals surface area contributed by atoms with Gasteiger partial charge in [-0.2, -0.15) is 10.4 Å². The molecule has 2 aromatic carbocycles. The van der Waals surface area contributed by atoms with Crippen LogP contribution in [0, 0.1) is 17.1 Å². The maximum absolute atomic E-state index is 14.8. The number of nitrogens with zero attached hydrogens (tertiary/aromatic N) is 5. The number of ether oxygens (including phenoxy) is 1. The minimum atomic E-state index is -0.278. The van der Waals surface area contributed by atoms with Gasteiger partial charge in [-0.1, -0.05) is 6.07 Å². The lowest BCUT2D eigenvalue weighted by molar-refractivity contribution is 0.120. The van der Waals surface area contributed by atoms with Crippen molar-refractivity contribution in [3.8, 4) is 11.8 Å². The summed E-state index contributed by atoms with van der Waals surface area (Å²) in [5.41, 5.74) is 1.94. The zero-order valence-corrected chi connectivity index (χ0v) is 22.2. The lowest BCUT2D eigenvalue weighted by Gasteiger charge is -2.43. The van der Waals surface area contributed by atoms with Crippen LogP contribution in [0.2, 0.25) is 0 Å². The monoisotopic (exact) mass is 542 g/mol. The topological polar surface area (TPSA) is 98.1 Å². The molecule has 2 fully saturated rings. The molecule has 198 valence electrons. The molecule has 0 bridgehead atoms. The highest BCUT2D eigenvalue weighted by Gasteiger charge is 2.32. The van der Waals surface area contributed by atoms with Crippen molar-refractivity contribution in [3.05, 3.63) is 87.7 Å². The molecule has 1 N–H and O–H groups in total. The van der Waals surface area contributed by atoms with Gasteiger partial charge in [0, 0.05) is 38.1 Å². The summed E-state index contributed by atoms with van der Waals surface area (Å²) in [7, 11) is 1.96. The summed E-state index contributed by atoms with van der Waals surface area (Å²) in [6.45, 7) is 1.47. The van der Waals surface area contributed by atoms with Crippen molar-refractivity contribution in [3.63, 3.8) is 0 Å². The summed E-state index contributed by atoms with van der Waals surface area (Å²) < 4.78 is 22.9. The van der Waals surface area contributed by atoms with Crippen molar-refractivity contribution < 1.29 is 9.13 Å². The van der Waals surface area contributed by atoms with E-state index in [9.17, 15) is 9.18 Å². The van der Waals surface area contributed by atoms with Gasteiger partial charge in [-0.05, 0) is 79.2 Å². The normalized spacial score (nSPS) is 15.9. The Labute approximate surface area is 229 Å². The Bertz CT molecular complexity index is 1630. The van der Waals surface area contributed by atoms with Crippen molar-refractivity contribution in [2.45, 2.75) is 42.7 Å². The van der Waals surface area contributed by atoms with Crippen LogP contribution in [0.4, 0.5) is 10.2 Å². The van der Waals surface area contributed by atoms with Crippen LogP contribution in [0.3, 0.4) is 0 Å². The van der Waals surface area contributed by atoms with E-state index in [0.717, 1.165) is 48.4 Å². The average Bonchev–Trinajstić information content (AvgIpc) is 2.91. The van der Waals surface area contributed by atoms with Crippen LogP contribution in [0.5, 0.6) is 5.75 Å². The van der Waals surface area contributed by atoms with E-state index in [-0.39, 0.29) is 23.5 Å². The fourth-order valence-corrected chi connectivity index (χ4v) is 5.88.